The molecule has 2 aliphatic rings. The second-order valence-electron chi connectivity index (χ2n) is 11.6. The number of benzene rings is 4. The number of esters is 1. The van der Waals surface area contributed by atoms with Crippen LogP contribution in [0.1, 0.15) is 34.1 Å². The van der Waals surface area contributed by atoms with Crippen molar-refractivity contribution in [2.45, 2.75) is 37.6 Å². The number of quaternary nitrogens is 1. The van der Waals surface area contributed by atoms with Crippen LogP contribution in [-0.2, 0) is 22.7 Å². The molecule has 0 unspecified atom stereocenters. The second-order valence-corrected chi connectivity index (χ2v) is 11.6. The molecule has 0 aromatic heterocycles. The summed E-state index contributed by atoms with van der Waals surface area (Å²) in [5, 5.41) is 0. The number of carbonyl (C=O) groups excluding carboxylic acids is 1. The quantitative estimate of drug-likeness (QED) is 0.140. The lowest BCUT2D eigenvalue weighted by atomic mass is 9.30. The summed E-state index contributed by atoms with van der Waals surface area (Å²) >= 11 is 0. The summed E-state index contributed by atoms with van der Waals surface area (Å²) < 4.78 is 6.70. The molecule has 39 heavy (non-hydrogen) atoms. The van der Waals surface area contributed by atoms with E-state index in [9.17, 15) is 4.79 Å². The fourth-order valence-electron chi connectivity index (χ4n) is 7.62. The van der Waals surface area contributed by atoms with E-state index in [1.54, 1.807) is 6.08 Å². The van der Waals surface area contributed by atoms with Crippen molar-refractivity contribution in [1.82, 2.24) is 0 Å². The van der Waals surface area contributed by atoms with E-state index in [1.165, 1.54) is 16.7 Å². The zero-order chi connectivity index (χ0) is 26.5. The minimum absolute atomic E-state index is 0.251. The highest BCUT2D eigenvalue weighted by Gasteiger charge is 2.58. The molecular formula is C35H36BNO2. The predicted octanol–water partition coefficient (Wildman–Crippen LogP) is 7.38. The molecule has 2 fully saturated rings. The van der Waals surface area contributed by atoms with Crippen molar-refractivity contribution in [2.24, 2.45) is 0 Å². The molecule has 0 N–H and O–H groups in total. The third-order valence-electron chi connectivity index (χ3n) is 9.34. The molecule has 4 heteroatoms. The Morgan fingerprint density at radius 2 is 1.15 bits per heavy atom. The van der Waals surface area contributed by atoms with Gasteiger partial charge in [-0.2, -0.15) is 5.98 Å². The van der Waals surface area contributed by atoms with Crippen LogP contribution in [0.15, 0.2) is 133 Å². The van der Waals surface area contributed by atoms with Crippen LogP contribution in [0.4, 0.5) is 0 Å². The number of ether oxygens (including phenoxy) is 1. The van der Waals surface area contributed by atoms with Gasteiger partial charge < -0.3 is 9.13 Å². The van der Waals surface area contributed by atoms with Gasteiger partial charge in [0.15, 0.2) is 0 Å². The maximum absolute atomic E-state index is 13.0. The second kappa shape index (κ2) is 11.1. The molecule has 0 aliphatic carbocycles. The lowest BCUT2D eigenvalue weighted by Crippen LogP contribution is -2.59. The summed E-state index contributed by atoms with van der Waals surface area (Å²) in [7, 11) is 0. The van der Waals surface area contributed by atoms with Gasteiger partial charge in [0.2, 0.25) is 6.28 Å². The molecule has 0 bridgehead atoms. The summed E-state index contributed by atoms with van der Waals surface area (Å²) in [6, 6.07) is 42.8. The minimum Gasteiger partial charge on any atom is -0.507 e. The summed E-state index contributed by atoms with van der Waals surface area (Å²) in [6.45, 7) is 3.46. The van der Waals surface area contributed by atoms with E-state index in [0.717, 1.165) is 42.2 Å². The lowest BCUT2D eigenvalue weighted by Gasteiger charge is -2.51. The number of hydrogen-bond acceptors (Lipinski definition) is 2. The fraction of sp³-hybridized carbons (Fsp3) is 0.229. The van der Waals surface area contributed by atoms with Gasteiger partial charge in [-0.05, 0) is 22.8 Å². The molecular weight excluding hydrogens is 477 g/mol. The highest BCUT2D eigenvalue weighted by atomic mass is 16.5. The molecule has 0 saturated carbocycles. The van der Waals surface area contributed by atoms with Crippen molar-refractivity contribution < 1.29 is 13.9 Å². The van der Waals surface area contributed by atoms with Crippen LogP contribution in [0.25, 0.3) is 0 Å². The van der Waals surface area contributed by atoms with Crippen LogP contribution in [0.3, 0.4) is 0 Å². The van der Waals surface area contributed by atoms with E-state index in [-0.39, 0.29) is 5.97 Å². The molecule has 2 atom stereocenters. The molecule has 0 radical (unpaired) electrons. The van der Waals surface area contributed by atoms with Crippen molar-refractivity contribution in [1.29, 1.82) is 0 Å². The van der Waals surface area contributed by atoms with Crippen molar-refractivity contribution in [3.05, 3.63) is 156 Å². The number of rotatable bonds is 8. The molecule has 2 saturated heterocycles. The first-order valence-electron chi connectivity index (χ1n) is 14.2. The maximum Gasteiger partial charge on any atom is 0.327 e. The average Bonchev–Trinajstić information content (AvgIpc) is 3.46. The Morgan fingerprint density at radius 1 is 0.692 bits per heavy atom. The minimum atomic E-state index is -1.04. The zero-order valence-corrected chi connectivity index (χ0v) is 22.4. The summed E-state index contributed by atoms with van der Waals surface area (Å²) in [4.78, 5) is 13.0. The van der Waals surface area contributed by atoms with E-state index in [4.69, 9.17) is 4.74 Å². The van der Waals surface area contributed by atoms with Gasteiger partial charge in [0, 0.05) is 30.5 Å². The van der Waals surface area contributed by atoms with Gasteiger partial charge in [-0.1, -0.05) is 121 Å². The van der Waals surface area contributed by atoms with E-state index < -0.39 is 6.28 Å². The third kappa shape index (κ3) is 5.35. The first-order valence-corrected chi connectivity index (χ1v) is 14.2. The average molecular weight is 513 g/mol. The van der Waals surface area contributed by atoms with Gasteiger partial charge in [0.05, 0.1) is 6.54 Å². The van der Waals surface area contributed by atoms with Gasteiger partial charge in [-0.25, -0.2) is 4.79 Å². The van der Waals surface area contributed by atoms with Gasteiger partial charge in [-0.15, -0.1) is 12.6 Å². The molecule has 4 aromatic rings. The van der Waals surface area contributed by atoms with Gasteiger partial charge in [-0.3, -0.25) is 0 Å². The van der Waals surface area contributed by atoms with E-state index in [0.29, 0.717) is 18.4 Å². The Balaban J connectivity index is 1.35. The van der Waals surface area contributed by atoms with Gasteiger partial charge in [0.25, 0.3) is 0 Å². The summed E-state index contributed by atoms with van der Waals surface area (Å²) in [5.41, 5.74) is 5.20. The maximum atomic E-state index is 13.0. The zero-order valence-electron chi connectivity index (χ0n) is 22.4. The highest BCUT2D eigenvalue weighted by Crippen LogP contribution is 2.55. The number of carbonyl (C=O) groups is 1. The summed E-state index contributed by atoms with van der Waals surface area (Å²) in [5.74, 6) is 2.98. The SMILES string of the molecule is O=C(/C=C/[B-]12C[C@H](c3ccccc3)C[N+]1(Cc1ccccc1)C[C@@H](c1ccccc1)C2)OCc1ccccc1. The largest absolute Gasteiger partial charge is 0.507 e. The van der Waals surface area contributed by atoms with Crippen LogP contribution in [0.5, 0.6) is 0 Å². The van der Waals surface area contributed by atoms with Crippen LogP contribution in [-0.4, -0.2) is 29.7 Å². The molecule has 6 rings (SSSR count). The van der Waals surface area contributed by atoms with Crippen molar-refractivity contribution in [3.8, 4) is 0 Å². The molecule has 4 aromatic carbocycles. The van der Waals surface area contributed by atoms with E-state index in [2.05, 4.69) is 97.0 Å². The Hall–Kier alpha value is -3.89. The molecule has 196 valence electrons. The first kappa shape index (κ1) is 25.4. The van der Waals surface area contributed by atoms with Crippen LogP contribution in [0, 0.1) is 0 Å². The first-order chi connectivity index (χ1) is 19.1. The number of hydrogen-bond donors (Lipinski definition) is 0. The standard InChI is InChI=1S/C35H36BNO2/c38-35(39-28-30-15-7-2-8-16-30)21-22-36-23-33(31-17-9-3-10-18-31)26-37(36,25-29-13-5-1-6-14-29)27-34(24-36)32-19-11-4-12-20-32/h1-22,33-34H,23-28H2/b22-21+/t33-,34-,36?,37?/m0/s1. The fourth-order valence-corrected chi connectivity index (χ4v) is 7.62. The summed E-state index contributed by atoms with van der Waals surface area (Å²) in [6.07, 6.45) is 2.88. The van der Waals surface area contributed by atoms with Gasteiger partial charge in [0.1, 0.15) is 6.61 Å². The van der Waals surface area contributed by atoms with Crippen LogP contribution < -0.4 is 0 Å². The molecule has 0 spiro atoms. The van der Waals surface area contributed by atoms with Crippen LogP contribution in [0.2, 0.25) is 12.6 Å². The molecule has 3 nitrogen and oxygen atoms in total. The smallest absolute Gasteiger partial charge is 0.327 e. The Kier molecular flexibility index (Phi) is 7.21. The van der Waals surface area contributed by atoms with Gasteiger partial charge >= 0.3 is 5.97 Å². The topological polar surface area (TPSA) is 26.3 Å². The Labute approximate surface area is 232 Å². The monoisotopic (exact) mass is 513 g/mol. The molecule has 2 heterocycles. The molecule has 0 amide bonds. The Morgan fingerprint density at radius 3 is 1.67 bits per heavy atom. The number of fused-ring (bicyclic) bond motifs is 1. The number of nitrogens with zero attached hydrogens (tertiary/aromatic N) is 1. The van der Waals surface area contributed by atoms with E-state index in [1.807, 2.05) is 30.3 Å². The van der Waals surface area contributed by atoms with Crippen molar-refractivity contribution in [3.63, 3.8) is 0 Å². The normalized spacial score (nSPS) is 25.9. The third-order valence-corrected chi connectivity index (χ3v) is 9.34. The predicted molar refractivity (Wildman–Crippen MR) is 159 cm³/mol. The van der Waals surface area contributed by atoms with E-state index >= 15 is 0 Å². The molecule has 2 aliphatic heterocycles. The van der Waals surface area contributed by atoms with Crippen molar-refractivity contribution in [2.75, 3.05) is 13.1 Å². The Bertz CT molecular complexity index is 1360. The van der Waals surface area contributed by atoms with Crippen LogP contribution >= 0.6 is 0 Å². The lowest BCUT2D eigenvalue weighted by molar-refractivity contribution is -0.835. The van der Waals surface area contributed by atoms with Crippen molar-refractivity contribution >= 4 is 12.3 Å². The highest BCUT2D eigenvalue weighted by molar-refractivity contribution is 6.79.